The number of nitriles is 1. The summed E-state index contributed by atoms with van der Waals surface area (Å²) in [6.45, 7) is 5.56. The lowest BCUT2D eigenvalue weighted by atomic mass is 9.91. The molecule has 1 aliphatic heterocycles. The second-order valence-electron chi connectivity index (χ2n) is 10.2. The Morgan fingerprint density at radius 1 is 1.26 bits per heavy atom. The van der Waals surface area contributed by atoms with E-state index in [0.717, 1.165) is 29.7 Å². The highest BCUT2D eigenvalue weighted by Crippen LogP contribution is 2.36. The molecule has 4 rings (SSSR count). The quantitative estimate of drug-likeness (QED) is 0.343. The molecule has 0 spiro atoms. The van der Waals surface area contributed by atoms with Crippen LogP contribution in [0, 0.1) is 23.1 Å². The maximum absolute atomic E-state index is 15.2. The van der Waals surface area contributed by atoms with Gasteiger partial charge in [-0.1, -0.05) is 50.3 Å². The second kappa shape index (κ2) is 12.2. The number of carbonyl (C=O) groups is 2. The highest BCUT2D eigenvalue weighted by molar-refractivity contribution is 5.84. The fraction of sp³-hybridized carbons (Fsp3) is 0.387. The minimum Gasteiger partial charge on any atom is -0.426 e. The number of nitrogens with one attached hydrogen (secondary N) is 1. The molecule has 0 saturated heterocycles. The number of fused-ring (bicyclic) bond motifs is 1. The molecule has 0 bridgehead atoms. The minimum absolute atomic E-state index is 0.0674. The van der Waals surface area contributed by atoms with Crippen LogP contribution in [-0.4, -0.2) is 43.0 Å². The molecule has 6 nitrogen and oxygen atoms in total. The van der Waals surface area contributed by atoms with Gasteiger partial charge in [-0.2, -0.15) is 5.26 Å². The summed E-state index contributed by atoms with van der Waals surface area (Å²) in [5.41, 5.74) is 3.74. The molecule has 1 aliphatic carbocycles. The van der Waals surface area contributed by atoms with E-state index in [4.69, 9.17) is 4.74 Å². The van der Waals surface area contributed by atoms with Crippen LogP contribution in [0.1, 0.15) is 50.2 Å². The van der Waals surface area contributed by atoms with Crippen LogP contribution in [0.4, 0.5) is 4.39 Å². The van der Waals surface area contributed by atoms with Crippen molar-refractivity contribution in [1.82, 2.24) is 10.2 Å². The molecular weight excluding hydrogens is 481 g/mol. The lowest BCUT2D eigenvalue weighted by Crippen LogP contribution is -2.44. The van der Waals surface area contributed by atoms with E-state index in [1.165, 1.54) is 6.07 Å². The van der Waals surface area contributed by atoms with Gasteiger partial charge in [-0.05, 0) is 78.4 Å². The van der Waals surface area contributed by atoms with Gasteiger partial charge in [0.1, 0.15) is 17.6 Å². The number of nitrogens with zero attached hydrogens (tertiary/aromatic N) is 2. The normalized spacial score (nSPS) is 17.8. The van der Waals surface area contributed by atoms with Gasteiger partial charge >= 0.3 is 5.97 Å². The summed E-state index contributed by atoms with van der Waals surface area (Å²) in [5.74, 6) is -0.576. The molecule has 0 saturated carbocycles. The van der Waals surface area contributed by atoms with Gasteiger partial charge in [-0.15, -0.1) is 0 Å². The molecule has 198 valence electrons. The van der Waals surface area contributed by atoms with Crippen molar-refractivity contribution >= 4 is 11.9 Å². The summed E-state index contributed by atoms with van der Waals surface area (Å²) >= 11 is 0. The first-order valence-electron chi connectivity index (χ1n) is 13.2. The van der Waals surface area contributed by atoms with Crippen LogP contribution in [0.25, 0.3) is 11.1 Å². The maximum Gasteiger partial charge on any atom is 0.311 e. The lowest BCUT2D eigenvalue weighted by Gasteiger charge is -2.26. The number of hydrogen-bond acceptors (Lipinski definition) is 5. The number of amides is 1. The van der Waals surface area contributed by atoms with Gasteiger partial charge in [-0.25, -0.2) is 4.39 Å². The van der Waals surface area contributed by atoms with Crippen LogP contribution in [0.15, 0.2) is 60.2 Å². The topological polar surface area (TPSA) is 82.4 Å². The highest BCUT2D eigenvalue weighted by atomic mass is 19.1. The molecule has 3 atom stereocenters. The van der Waals surface area contributed by atoms with Crippen molar-refractivity contribution in [3.8, 4) is 22.9 Å². The Bertz CT molecular complexity index is 1310. The van der Waals surface area contributed by atoms with Gasteiger partial charge in [0.25, 0.3) is 0 Å². The summed E-state index contributed by atoms with van der Waals surface area (Å²) in [7, 11) is 1.97. The van der Waals surface area contributed by atoms with Crippen LogP contribution >= 0.6 is 0 Å². The smallest absolute Gasteiger partial charge is 0.311 e. The molecule has 0 aromatic heterocycles. The number of ether oxygens (including phenoxy) is 1. The molecular formula is C31H34FN3O3. The number of esters is 1. The molecule has 2 aliphatic rings. The number of halogens is 1. The van der Waals surface area contributed by atoms with E-state index >= 15 is 4.39 Å². The predicted octanol–water partition coefficient (Wildman–Crippen LogP) is 5.30. The largest absolute Gasteiger partial charge is 0.426 e. The second-order valence-corrected chi connectivity index (χ2v) is 10.2. The zero-order valence-electron chi connectivity index (χ0n) is 22.2. The Hall–Kier alpha value is -3.76. The summed E-state index contributed by atoms with van der Waals surface area (Å²) in [4.78, 5) is 27.0. The Morgan fingerprint density at radius 3 is 2.66 bits per heavy atom. The molecule has 1 amide bonds. The van der Waals surface area contributed by atoms with Crippen molar-refractivity contribution in [3.05, 3.63) is 77.1 Å². The standard InChI is InChI=1S/C31H34FN3O3/c1-4-14-35(3)19-27(21-6-5-7-21)31(37)34-25(18-33)15-24-10-9-23(17-28(24)32)22-11-12-29-26(16-22)20(2)8-13-30(36)38-29/h5-7,9-12,16-17,20,25,27H,4,8,13-15,19H2,1-3H3,(H,34,37)/t20?,25-,27+/m0/s1. The molecule has 1 unspecified atom stereocenters. The Morgan fingerprint density at radius 2 is 2.00 bits per heavy atom. The average molecular weight is 516 g/mol. The minimum atomic E-state index is -0.852. The van der Waals surface area contributed by atoms with E-state index in [1.54, 1.807) is 12.1 Å². The van der Waals surface area contributed by atoms with Gasteiger partial charge in [0.2, 0.25) is 5.91 Å². The third-order valence-electron chi connectivity index (χ3n) is 7.22. The summed E-state index contributed by atoms with van der Waals surface area (Å²) in [5, 5.41) is 12.6. The van der Waals surface area contributed by atoms with Crippen molar-refractivity contribution < 1.29 is 18.7 Å². The first-order chi connectivity index (χ1) is 18.3. The maximum atomic E-state index is 15.2. The third-order valence-corrected chi connectivity index (χ3v) is 7.22. The zero-order valence-corrected chi connectivity index (χ0v) is 22.2. The van der Waals surface area contributed by atoms with Crippen molar-refractivity contribution in [2.75, 3.05) is 20.1 Å². The van der Waals surface area contributed by atoms with Crippen LogP contribution in [-0.2, 0) is 16.0 Å². The van der Waals surface area contributed by atoms with Crippen molar-refractivity contribution in [2.45, 2.75) is 51.5 Å². The zero-order chi connectivity index (χ0) is 27.2. The first kappa shape index (κ1) is 27.3. The molecule has 1 N–H and O–H groups in total. The molecule has 7 heteroatoms. The molecule has 2 aromatic rings. The Kier molecular flexibility index (Phi) is 8.75. The van der Waals surface area contributed by atoms with E-state index < -0.39 is 11.9 Å². The van der Waals surface area contributed by atoms with Gasteiger partial charge in [-0.3, -0.25) is 9.59 Å². The monoisotopic (exact) mass is 515 g/mol. The van der Waals surface area contributed by atoms with Crippen molar-refractivity contribution in [1.29, 1.82) is 5.26 Å². The predicted molar refractivity (Wildman–Crippen MR) is 145 cm³/mol. The van der Waals surface area contributed by atoms with E-state index in [-0.39, 0.29) is 30.1 Å². The fourth-order valence-corrected chi connectivity index (χ4v) is 4.95. The number of carbonyl (C=O) groups excluding carboxylic acids is 2. The molecule has 0 fully saturated rings. The van der Waals surface area contributed by atoms with Crippen molar-refractivity contribution in [2.24, 2.45) is 5.92 Å². The van der Waals surface area contributed by atoms with Crippen LogP contribution in [0.5, 0.6) is 5.75 Å². The van der Waals surface area contributed by atoms with Gasteiger partial charge in [0.15, 0.2) is 0 Å². The Labute approximate surface area is 223 Å². The number of benzene rings is 2. The molecule has 38 heavy (non-hydrogen) atoms. The molecule has 2 aromatic carbocycles. The SMILES string of the molecule is CCCN(C)C[C@@H](C(=O)N[C@H](C#N)Cc1ccc(-c2ccc3c(c2)C(C)CCC(=O)O3)cc1F)C1=CC=C1. The summed E-state index contributed by atoms with van der Waals surface area (Å²) in [6.07, 6.45) is 7.84. The fourth-order valence-electron chi connectivity index (χ4n) is 4.95. The molecule has 0 radical (unpaired) electrons. The van der Waals surface area contributed by atoms with Gasteiger partial charge < -0.3 is 15.0 Å². The van der Waals surface area contributed by atoms with Gasteiger partial charge in [0, 0.05) is 19.4 Å². The Balaban J connectivity index is 1.46. The van der Waals surface area contributed by atoms with E-state index in [1.807, 2.05) is 43.5 Å². The first-order valence-corrected chi connectivity index (χ1v) is 13.2. The van der Waals surface area contributed by atoms with Crippen LogP contribution < -0.4 is 10.1 Å². The summed E-state index contributed by atoms with van der Waals surface area (Å²) in [6, 6.07) is 11.7. The van der Waals surface area contributed by atoms with E-state index in [9.17, 15) is 14.9 Å². The van der Waals surface area contributed by atoms with E-state index in [2.05, 4.69) is 30.1 Å². The van der Waals surface area contributed by atoms with Crippen LogP contribution in [0.3, 0.4) is 0 Å². The number of rotatable bonds is 10. The lowest BCUT2D eigenvalue weighted by molar-refractivity contribution is -0.134. The van der Waals surface area contributed by atoms with E-state index in [0.29, 0.717) is 36.3 Å². The molecule has 1 heterocycles. The summed E-state index contributed by atoms with van der Waals surface area (Å²) < 4.78 is 20.6. The number of hydrogen-bond donors (Lipinski definition) is 1. The van der Waals surface area contributed by atoms with Crippen molar-refractivity contribution in [3.63, 3.8) is 0 Å². The third kappa shape index (κ3) is 6.38. The van der Waals surface area contributed by atoms with Gasteiger partial charge in [0.05, 0.1) is 12.0 Å². The highest BCUT2D eigenvalue weighted by Gasteiger charge is 2.27. The number of allylic oxidation sites excluding steroid dienone is 3. The average Bonchev–Trinajstić information content (AvgIpc) is 3.00. The van der Waals surface area contributed by atoms with Crippen LogP contribution in [0.2, 0.25) is 0 Å².